The van der Waals surface area contributed by atoms with Gasteiger partial charge in [-0.1, -0.05) is 12.5 Å². The summed E-state index contributed by atoms with van der Waals surface area (Å²) in [6.45, 7) is 3.58. The van der Waals surface area contributed by atoms with Crippen LogP contribution in [0.2, 0.25) is 0 Å². The van der Waals surface area contributed by atoms with Gasteiger partial charge in [0.25, 0.3) is 0 Å². The van der Waals surface area contributed by atoms with Crippen LogP contribution in [-0.2, 0) is 23.9 Å². The molecule has 0 radical (unpaired) electrons. The minimum atomic E-state index is -0.832. The molecule has 7 heteroatoms. The number of methoxy groups -OCH3 is 2. The number of nitrogens with zero attached hydrogens (tertiary/aromatic N) is 3. The zero-order chi connectivity index (χ0) is 21.1. The Kier molecular flexibility index (Phi) is 6.32. The van der Waals surface area contributed by atoms with Crippen molar-refractivity contribution in [3.05, 3.63) is 42.0 Å². The number of imidazole rings is 1. The Morgan fingerprint density at radius 2 is 1.90 bits per heavy atom. The van der Waals surface area contributed by atoms with Crippen molar-refractivity contribution < 1.29 is 19.3 Å². The van der Waals surface area contributed by atoms with Gasteiger partial charge in [0.2, 0.25) is 0 Å². The average molecular weight is 416 g/mol. The highest BCUT2D eigenvalue weighted by Gasteiger charge is 2.53. The molecule has 0 amide bonds. The Hall–Kier alpha value is -2.09. The summed E-state index contributed by atoms with van der Waals surface area (Å²) in [5.74, 6) is 2.68. The van der Waals surface area contributed by atoms with Crippen molar-refractivity contribution in [2.75, 3.05) is 40.5 Å². The summed E-state index contributed by atoms with van der Waals surface area (Å²) in [6.07, 6.45) is 6.96. The van der Waals surface area contributed by atoms with Crippen LogP contribution < -0.4 is 9.47 Å². The third kappa shape index (κ3) is 3.94. The van der Waals surface area contributed by atoms with Crippen LogP contribution in [0.3, 0.4) is 0 Å². The minimum Gasteiger partial charge on any atom is -0.493 e. The Labute approximate surface area is 178 Å². The number of hydrogen-bond donors (Lipinski definition) is 1. The van der Waals surface area contributed by atoms with E-state index < -0.39 is 5.60 Å². The van der Waals surface area contributed by atoms with Crippen LogP contribution in [0.25, 0.3) is 0 Å². The first kappa shape index (κ1) is 21.2. The van der Waals surface area contributed by atoms with Gasteiger partial charge in [-0.15, -0.1) is 0 Å². The molecular formula is C23H33N3O4. The van der Waals surface area contributed by atoms with Crippen LogP contribution in [0.1, 0.15) is 30.7 Å². The van der Waals surface area contributed by atoms with E-state index in [1.807, 2.05) is 23.9 Å². The average Bonchev–Trinajstić information content (AvgIpc) is 3.16. The van der Waals surface area contributed by atoms with Crippen molar-refractivity contribution in [1.82, 2.24) is 14.5 Å². The number of aliphatic hydroxyl groups is 1. The second kappa shape index (κ2) is 8.96. The van der Waals surface area contributed by atoms with E-state index in [1.165, 1.54) is 12.0 Å². The fraction of sp³-hybridized carbons (Fsp3) is 0.609. The van der Waals surface area contributed by atoms with E-state index >= 15 is 0 Å². The van der Waals surface area contributed by atoms with Crippen LogP contribution >= 0.6 is 0 Å². The van der Waals surface area contributed by atoms with E-state index in [0.717, 1.165) is 49.8 Å². The Bertz CT molecular complexity index is 839. The van der Waals surface area contributed by atoms with Crippen molar-refractivity contribution in [3.63, 3.8) is 0 Å². The van der Waals surface area contributed by atoms with E-state index in [4.69, 9.17) is 14.2 Å². The molecule has 0 unspecified atom stereocenters. The molecule has 2 heterocycles. The molecule has 2 aromatic rings. The number of fused-ring (bicyclic) bond motifs is 2. The molecule has 1 aliphatic heterocycles. The molecule has 2 aliphatic rings. The SMILES string of the molecule is COCCOc1cc(CN2C[C@H]3CCC[C@H](C2)C3(O)c2nccn2C)ccc1OC. The topological polar surface area (TPSA) is 69.0 Å². The lowest BCUT2D eigenvalue weighted by molar-refractivity contribution is -0.155. The molecule has 1 aromatic heterocycles. The maximum atomic E-state index is 11.8. The van der Waals surface area contributed by atoms with Crippen LogP contribution in [0.4, 0.5) is 0 Å². The zero-order valence-electron chi connectivity index (χ0n) is 18.2. The molecule has 4 rings (SSSR count). The number of rotatable bonds is 8. The fourth-order valence-corrected chi connectivity index (χ4v) is 5.21. The summed E-state index contributed by atoms with van der Waals surface area (Å²) >= 11 is 0. The summed E-state index contributed by atoms with van der Waals surface area (Å²) in [5, 5.41) is 11.8. The van der Waals surface area contributed by atoms with E-state index in [0.29, 0.717) is 13.2 Å². The largest absolute Gasteiger partial charge is 0.493 e. The van der Waals surface area contributed by atoms with Gasteiger partial charge >= 0.3 is 0 Å². The number of ether oxygens (including phenoxy) is 3. The molecule has 2 atom stereocenters. The van der Waals surface area contributed by atoms with Gasteiger partial charge in [-0.2, -0.15) is 0 Å². The summed E-state index contributed by atoms with van der Waals surface area (Å²) in [5.41, 5.74) is 0.352. The molecule has 0 spiro atoms. The van der Waals surface area contributed by atoms with Crippen molar-refractivity contribution in [2.24, 2.45) is 18.9 Å². The number of aryl methyl sites for hydroxylation is 1. The van der Waals surface area contributed by atoms with Gasteiger partial charge in [0.15, 0.2) is 11.5 Å². The predicted octanol–water partition coefficient (Wildman–Crippen LogP) is 2.57. The van der Waals surface area contributed by atoms with Gasteiger partial charge < -0.3 is 23.9 Å². The van der Waals surface area contributed by atoms with Crippen molar-refractivity contribution in [2.45, 2.75) is 31.4 Å². The summed E-state index contributed by atoms with van der Waals surface area (Å²) in [4.78, 5) is 6.99. The lowest BCUT2D eigenvalue weighted by Crippen LogP contribution is -2.58. The van der Waals surface area contributed by atoms with Gasteiger partial charge in [-0.25, -0.2) is 4.98 Å². The molecule has 2 bridgehead atoms. The molecule has 30 heavy (non-hydrogen) atoms. The maximum absolute atomic E-state index is 11.8. The van der Waals surface area contributed by atoms with E-state index in [1.54, 1.807) is 20.4 Å². The first-order chi connectivity index (χ1) is 14.6. The van der Waals surface area contributed by atoms with Crippen molar-refractivity contribution in [3.8, 4) is 11.5 Å². The first-order valence-electron chi connectivity index (χ1n) is 10.8. The third-order valence-corrected chi connectivity index (χ3v) is 6.67. The highest BCUT2D eigenvalue weighted by Crippen LogP contribution is 2.48. The van der Waals surface area contributed by atoms with Gasteiger partial charge in [0, 0.05) is 58.0 Å². The van der Waals surface area contributed by atoms with E-state index in [-0.39, 0.29) is 11.8 Å². The first-order valence-corrected chi connectivity index (χ1v) is 10.8. The van der Waals surface area contributed by atoms with E-state index in [9.17, 15) is 5.11 Å². The van der Waals surface area contributed by atoms with Gasteiger partial charge in [0.1, 0.15) is 18.0 Å². The van der Waals surface area contributed by atoms with Crippen LogP contribution in [-0.4, -0.2) is 60.1 Å². The lowest BCUT2D eigenvalue weighted by atomic mass is 9.65. The summed E-state index contributed by atoms with van der Waals surface area (Å²) < 4.78 is 18.4. The highest BCUT2D eigenvalue weighted by atomic mass is 16.5. The van der Waals surface area contributed by atoms with Crippen molar-refractivity contribution in [1.29, 1.82) is 0 Å². The molecule has 7 nitrogen and oxygen atoms in total. The lowest BCUT2D eigenvalue weighted by Gasteiger charge is -2.52. The molecule has 1 aromatic carbocycles. The van der Waals surface area contributed by atoms with E-state index in [2.05, 4.69) is 22.0 Å². The molecule has 164 valence electrons. The highest BCUT2D eigenvalue weighted by molar-refractivity contribution is 5.43. The van der Waals surface area contributed by atoms with Gasteiger partial charge in [0.05, 0.1) is 13.7 Å². The summed E-state index contributed by atoms with van der Waals surface area (Å²) in [7, 11) is 5.30. The molecule has 1 saturated carbocycles. The number of piperidine rings is 1. The van der Waals surface area contributed by atoms with Gasteiger partial charge in [-0.3, -0.25) is 4.90 Å². The maximum Gasteiger partial charge on any atom is 0.161 e. The summed E-state index contributed by atoms with van der Waals surface area (Å²) in [6, 6.07) is 6.12. The third-order valence-electron chi connectivity index (χ3n) is 6.67. The molecule has 1 aliphatic carbocycles. The predicted molar refractivity (Wildman–Crippen MR) is 114 cm³/mol. The second-order valence-electron chi connectivity index (χ2n) is 8.53. The normalized spacial score (nSPS) is 26.5. The Morgan fingerprint density at radius 3 is 2.53 bits per heavy atom. The molecule has 2 fully saturated rings. The van der Waals surface area contributed by atoms with Gasteiger partial charge in [-0.05, 0) is 30.5 Å². The Morgan fingerprint density at radius 1 is 1.13 bits per heavy atom. The zero-order valence-corrected chi connectivity index (χ0v) is 18.2. The molecule has 1 saturated heterocycles. The number of aromatic nitrogens is 2. The van der Waals surface area contributed by atoms with Crippen LogP contribution in [0.5, 0.6) is 11.5 Å². The number of benzene rings is 1. The molecule has 1 N–H and O–H groups in total. The smallest absolute Gasteiger partial charge is 0.161 e. The number of likely N-dealkylation sites (tertiary alicyclic amines) is 1. The second-order valence-corrected chi connectivity index (χ2v) is 8.53. The molecular weight excluding hydrogens is 382 g/mol. The van der Waals surface area contributed by atoms with Crippen LogP contribution in [0, 0.1) is 11.8 Å². The quantitative estimate of drug-likeness (QED) is 0.669. The van der Waals surface area contributed by atoms with Crippen LogP contribution in [0.15, 0.2) is 30.6 Å². The number of hydrogen-bond acceptors (Lipinski definition) is 6. The standard InChI is InChI=1S/C23H33N3O4/c1-25-10-9-24-22(25)23(27)18-5-4-6-19(23)16-26(15-18)14-17-7-8-20(29-3)21(13-17)30-12-11-28-2/h7-10,13,18-19,27H,4-6,11-12,14-16H2,1-3H3/t18-,19-/m1/s1. The fourth-order valence-electron chi connectivity index (χ4n) is 5.21. The van der Waals surface area contributed by atoms with Crippen molar-refractivity contribution >= 4 is 0 Å². The Balaban J connectivity index is 1.50. The monoisotopic (exact) mass is 415 g/mol. The minimum absolute atomic E-state index is 0.196.